The Morgan fingerprint density at radius 1 is 1.40 bits per heavy atom. The van der Waals surface area contributed by atoms with E-state index in [9.17, 15) is 9.59 Å². The molecular formula is C14H19BrN2O3. The Bertz CT molecular complexity index is 515. The van der Waals surface area contributed by atoms with Crippen molar-refractivity contribution in [1.82, 2.24) is 5.32 Å². The van der Waals surface area contributed by atoms with E-state index < -0.39 is 5.97 Å². The fraction of sp³-hybridized carbons (Fsp3) is 0.429. The molecule has 1 aromatic rings. The maximum absolute atomic E-state index is 11.9. The number of halogens is 1. The standard InChI is InChI=1S/C14H19BrN2O3/c1-4-14(2,3)17-11(18)8-20-13(19)9-6-5-7-10(16)12(9)15/h5-7H,4,8,16H2,1-3H3,(H,17,18). The van der Waals surface area contributed by atoms with Gasteiger partial charge in [0.2, 0.25) is 0 Å². The number of ether oxygens (including phenoxy) is 1. The molecule has 1 aromatic carbocycles. The normalized spacial score (nSPS) is 11.0. The fourth-order valence-electron chi connectivity index (χ4n) is 1.42. The number of hydrogen-bond donors (Lipinski definition) is 2. The molecule has 0 aromatic heterocycles. The third kappa shape index (κ3) is 4.52. The summed E-state index contributed by atoms with van der Waals surface area (Å²) in [6.07, 6.45) is 0.785. The van der Waals surface area contributed by atoms with Crippen LogP contribution in [-0.2, 0) is 9.53 Å². The molecule has 0 saturated carbocycles. The summed E-state index contributed by atoms with van der Waals surface area (Å²) < 4.78 is 5.45. The Balaban J connectivity index is 2.60. The summed E-state index contributed by atoms with van der Waals surface area (Å²) in [6.45, 7) is 5.46. The van der Waals surface area contributed by atoms with Crippen molar-refractivity contribution in [3.05, 3.63) is 28.2 Å². The second-order valence-corrected chi connectivity index (χ2v) is 5.86. The topological polar surface area (TPSA) is 81.4 Å². The van der Waals surface area contributed by atoms with E-state index in [1.807, 2.05) is 20.8 Å². The number of carbonyl (C=O) groups excluding carboxylic acids is 2. The maximum atomic E-state index is 11.9. The van der Waals surface area contributed by atoms with E-state index in [4.69, 9.17) is 10.5 Å². The van der Waals surface area contributed by atoms with Gasteiger partial charge in [-0.25, -0.2) is 4.79 Å². The lowest BCUT2D eigenvalue weighted by atomic mass is 10.0. The molecule has 0 bridgehead atoms. The van der Waals surface area contributed by atoms with E-state index in [-0.39, 0.29) is 18.1 Å². The van der Waals surface area contributed by atoms with Gasteiger partial charge in [-0.2, -0.15) is 0 Å². The molecule has 0 spiro atoms. The molecule has 0 unspecified atom stereocenters. The third-order valence-electron chi connectivity index (χ3n) is 2.94. The van der Waals surface area contributed by atoms with Gasteiger partial charge in [0.1, 0.15) is 0 Å². The molecule has 0 aliphatic carbocycles. The van der Waals surface area contributed by atoms with Gasteiger partial charge in [-0.1, -0.05) is 13.0 Å². The van der Waals surface area contributed by atoms with Gasteiger partial charge in [-0.3, -0.25) is 4.79 Å². The summed E-state index contributed by atoms with van der Waals surface area (Å²) in [5, 5.41) is 2.79. The van der Waals surface area contributed by atoms with Gasteiger partial charge in [0, 0.05) is 11.2 Å². The number of rotatable bonds is 5. The number of carbonyl (C=O) groups is 2. The Morgan fingerprint density at radius 2 is 2.05 bits per heavy atom. The van der Waals surface area contributed by atoms with Crippen LogP contribution in [0, 0.1) is 0 Å². The van der Waals surface area contributed by atoms with Gasteiger partial charge in [-0.15, -0.1) is 0 Å². The maximum Gasteiger partial charge on any atom is 0.339 e. The van der Waals surface area contributed by atoms with Crippen LogP contribution in [-0.4, -0.2) is 24.0 Å². The quantitative estimate of drug-likeness (QED) is 0.636. The van der Waals surface area contributed by atoms with Gasteiger partial charge in [-0.05, 0) is 48.3 Å². The Labute approximate surface area is 127 Å². The van der Waals surface area contributed by atoms with Crippen molar-refractivity contribution < 1.29 is 14.3 Å². The fourth-order valence-corrected chi connectivity index (χ4v) is 1.84. The molecule has 3 N–H and O–H groups in total. The molecule has 0 aliphatic rings. The zero-order chi connectivity index (χ0) is 15.3. The zero-order valence-electron chi connectivity index (χ0n) is 11.8. The van der Waals surface area contributed by atoms with Crippen LogP contribution in [0.1, 0.15) is 37.6 Å². The van der Waals surface area contributed by atoms with Crippen LogP contribution in [0.15, 0.2) is 22.7 Å². The van der Waals surface area contributed by atoms with Gasteiger partial charge in [0.05, 0.1) is 10.0 Å². The van der Waals surface area contributed by atoms with Crippen LogP contribution in [0.5, 0.6) is 0 Å². The second-order valence-electron chi connectivity index (χ2n) is 5.07. The minimum absolute atomic E-state index is 0.299. The number of amides is 1. The van der Waals surface area contributed by atoms with Crippen molar-refractivity contribution in [2.45, 2.75) is 32.7 Å². The number of anilines is 1. The van der Waals surface area contributed by atoms with E-state index in [1.165, 1.54) is 0 Å². The second kappa shape index (κ2) is 6.74. The number of nitrogen functional groups attached to an aromatic ring is 1. The highest BCUT2D eigenvalue weighted by Gasteiger charge is 2.19. The molecule has 1 amide bonds. The van der Waals surface area contributed by atoms with Crippen molar-refractivity contribution >= 4 is 33.5 Å². The molecule has 5 nitrogen and oxygen atoms in total. The first-order valence-corrected chi connectivity index (χ1v) is 7.08. The van der Waals surface area contributed by atoms with E-state index in [0.29, 0.717) is 15.7 Å². The van der Waals surface area contributed by atoms with Gasteiger partial charge >= 0.3 is 5.97 Å². The SMILES string of the molecule is CCC(C)(C)NC(=O)COC(=O)c1cccc(N)c1Br. The van der Waals surface area contributed by atoms with Crippen LogP contribution in [0.2, 0.25) is 0 Å². The van der Waals surface area contributed by atoms with Crippen molar-refractivity contribution in [2.24, 2.45) is 0 Å². The average molecular weight is 343 g/mol. The van der Waals surface area contributed by atoms with E-state index in [2.05, 4.69) is 21.2 Å². The van der Waals surface area contributed by atoms with Gasteiger partial charge in [0.25, 0.3) is 5.91 Å². The predicted octanol–water partition coefficient (Wildman–Crippen LogP) is 2.49. The van der Waals surface area contributed by atoms with E-state index in [0.717, 1.165) is 6.42 Å². The molecule has 0 fully saturated rings. The molecule has 0 heterocycles. The Morgan fingerprint density at radius 3 is 2.65 bits per heavy atom. The molecule has 0 radical (unpaired) electrons. The summed E-state index contributed by atoms with van der Waals surface area (Å²) in [5.41, 5.74) is 6.10. The Hall–Kier alpha value is -1.56. The van der Waals surface area contributed by atoms with Crippen molar-refractivity contribution in [2.75, 3.05) is 12.3 Å². The number of esters is 1. The minimum atomic E-state index is -0.589. The number of hydrogen-bond acceptors (Lipinski definition) is 4. The van der Waals surface area contributed by atoms with Crippen molar-refractivity contribution in [3.8, 4) is 0 Å². The first kappa shape index (κ1) is 16.5. The first-order chi connectivity index (χ1) is 9.26. The molecule has 20 heavy (non-hydrogen) atoms. The summed E-state index contributed by atoms with van der Waals surface area (Å²) in [4.78, 5) is 23.6. The average Bonchev–Trinajstić information content (AvgIpc) is 2.38. The summed E-state index contributed by atoms with van der Waals surface area (Å²) in [6, 6.07) is 4.89. The number of benzene rings is 1. The Kier molecular flexibility index (Phi) is 5.56. The number of nitrogens with one attached hydrogen (secondary N) is 1. The van der Waals surface area contributed by atoms with Crippen LogP contribution < -0.4 is 11.1 Å². The van der Waals surface area contributed by atoms with E-state index >= 15 is 0 Å². The van der Waals surface area contributed by atoms with Crippen molar-refractivity contribution in [3.63, 3.8) is 0 Å². The van der Waals surface area contributed by atoms with Crippen LogP contribution >= 0.6 is 15.9 Å². The first-order valence-electron chi connectivity index (χ1n) is 6.29. The van der Waals surface area contributed by atoms with Crippen LogP contribution in [0.25, 0.3) is 0 Å². The summed E-state index contributed by atoms with van der Waals surface area (Å²) in [5.74, 6) is -0.918. The highest BCUT2D eigenvalue weighted by Crippen LogP contribution is 2.24. The molecular weight excluding hydrogens is 324 g/mol. The molecule has 0 atom stereocenters. The molecule has 0 saturated heterocycles. The molecule has 1 rings (SSSR count). The van der Waals surface area contributed by atoms with Crippen LogP contribution in [0.3, 0.4) is 0 Å². The lowest BCUT2D eigenvalue weighted by Gasteiger charge is -2.24. The largest absolute Gasteiger partial charge is 0.452 e. The van der Waals surface area contributed by atoms with Gasteiger partial charge in [0.15, 0.2) is 6.61 Å². The van der Waals surface area contributed by atoms with E-state index in [1.54, 1.807) is 18.2 Å². The monoisotopic (exact) mass is 342 g/mol. The smallest absolute Gasteiger partial charge is 0.339 e. The highest BCUT2D eigenvalue weighted by atomic mass is 79.9. The van der Waals surface area contributed by atoms with Crippen molar-refractivity contribution in [1.29, 1.82) is 0 Å². The molecule has 110 valence electrons. The minimum Gasteiger partial charge on any atom is -0.452 e. The van der Waals surface area contributed by atoms with Gasteiger partial charge < -0.3 is 15.8 Å². The third-order valence-corrected chi connectivity index (χ3v) is 3.83. The molecule has 6 heteroatoms. The lowest BCUT2D eigenvalue weighted by Crippen LogP contribution is -2.44. The number of nitrogens with two attached hydrogens (primary N) is 1. The molecule has 0 aliphatic heterocycles. The lowest BCUT2D eigenvalue weighted by molar-refractivity contribution is -0.125. The highest BCUT2D eigenvalue weighted by molar-refractivity contribution is 9.10. The zero-order valence-corrected chi connectivity index (χ0v) is 13.4. The summed E-state index contributed by atoms with van der Waals surface area (Å²) >= 11 is 3.22. The summed E-state index contributed by atoms with van der Waals surface area (Å²) in [7, 11) is 0. The predicted molar refractivity (Wildman–Crippen MR) is 81.3 cm³/mol. The van der Waals surface area contributed by atoms with Crippen LogP contribution in [0.4, 0.5) is 5.69 Å².